The van der Waals surface area contributed by atoms with Gasteiger partial charge in [0.25, 0.3) is 0 Å². The van der Waals surface area contributed by atoms with Crippen LogP contribution < -0.4 is 4.90 Å². The second-order valence-electron chi connectivity index (χ2n) is 6.78. The molecular formula is C18H13F10NS3. The third-order valence-electron chi connectivity index (χ3n) is 4.19. The van der Waals surface area contributed by atoms with Gasteiger partial charge in [-0.25, -0.2) is 0 Å². The summed E-state index contributed by atoms with van der Waals surface area (Å²) in [7, 11) is -19.9. The summed E-state index contributed by atoms with van der Waals surface area (Å²) in [6.07, 6.45) is 0. The lowest BCUT2D eigenvalue weighted by atomic mass is 10.2. The van der Waals surface area contributed by atoms with E-state index in [4.69, 9.17) is 0 Å². The summed E-state index contributed by atoms with van der Waals surface area (Å²) in [6, 6.07) is 9.05. The number of halogens is 10. The molecule has 14 heteroatoms. The molecule has 3 aromatic carbocycles. The first kappa shape index (κ1) is 24.5. The van der Waals surface area contributed by atoms with Crippen molar-refractivity contribution in [1.29, 1.82) is 0 Å². The Morgan fingerprint density at radius 3 is 0.938 bits per heavy atom. The van der Waals surface area contributed by atoms with E-state index in [-0.39, 0.29) is 41.3 Å². The number of rotatable bonds is 5. The monoisotopic (exact) mass is 529 g/mol. The fourth-order valence-electron chi connectivity index (χ4n) is 2.75. The minimum Gasteiger partial charge on any atom is -0.311 e. The minimum absolute atomic E-state index is 0.136. The molecule has 0 unspecified atom stereocenters. The quantitative estimate of drug-likeness (QED) is 0.254. The molecular weight excluding hydrogens is 516 g/mol. The van der Waals surface area contributed by atoms with Crippen molar-refractivity contribution in [2.24, 2.45) is 0 Å². The number of anilines is 3. The summed E-state index contributed by atoms with van der Waals surface area (Å²) < 4.78 is 130. The summed E-state index contributed by atoms with van der Waals surface area (Å²) in [6.45, 7) is 0. The van der Waals surface area contributed by atoms with Crippen LogP contribution in [0.25, 0.3) is 0 Å². The number of hydrogen-bond donors (Lipinski definition) is 1. The largest absolute Gasteiger partial charge is 0.311 e. The van der Waals surface area contributed by atoms with Crippen molar-refractivity contribution in [3.63, 3.8) is 0 Å². The molecule has 0 aromatic heterocycles. The lowest BCUT2D eigenvalue weighted by molar-refractivity contribution is 0.360. The highest BCUT2D eigenvalue weighted by molar-refractivity contribution is 8.46. The molecule has 0 atom stereocenters. The standard InChI is InChI=1S/C18H13F10NS3/c19-31(20,21,22,23)17-9-3-14(4-10-17)29(13-1-7-16(30)8-2-13)15-5-11-18(12-6-15)32(24,25,26,27)28/h1-12,30H. The van der Waals surface area contributed by atoms with Crippen molar-refractivity contribution >= 4 is 50.1 Å². The Labute approximate surface area is 181 Å². The van der Waals surface area contributed by atoms with Gasteiger partial charge in [-0.2, -0.15) is 0 Å². The first-order chi connectivity index (χ1) is 14.0. The average molecular weight is 529 g/mol. The summed E-state index contributed by atoms with van der Waals surface area (Å²) in [4.78, 5) is -2.73. The fourth-order valence-corrected chi connectivity index (χ4v) is 4.20. The maximum atomic E-state index is 13.0. The average Bonchev–Trinajstić information content (AvgIpc) is 2.61. The predicted octanol–water partition coefficient (Wildman–Crippen LogP) is 10.8. The van der Waals surface area contributed by atoms with E-state index in [0.717, 1.165) is 4.90 Å². The third-order valence-corrected chi connectivity index (χ3v) is 6.81. The lowest BCUT2D eigenvalue weighted by Crippen LogP contribution is -2.12. The predicted molar refractivity (Wildman–Crippen MR) is 111 cm³/mol. The Kier molecular flexibility index (Phi) is 4.60. The number of hydrogen-bond acceptors (Lipinski definition) is 2. The molecule has 0 aliphatic rings. The van der Waals surface area contributed by atoms with Crippen molar-refractivity contribution in [3.05, 3.63) is 72.8 Å². The van der Waals surface area contributed by atoms with Gasteiger partial charge in [-0.05, 0) is 72.8 Å². The Hall–Kier alpha value is -2.19. The molecule has 1 nitrogen and oxygen atoms in total. The minimum atomic E-state index is -9.95. The normalized spacial score (nSPS) is 17.0. The highest BCUT2D eigenvalue weighted by Crippen LogP contribution is 3.02. The molecule has 0 heterocycles. The van der Waals surface area contributed by atoms with E-state index < -0.39 is 30.2 Å². The van der Waals surface area contributed by atoms with E-state index in [1.165, 1.54) is 24.3 Å². The summed E-state index contributed by atoms with van der Waals surface area (Å²) in [5.41, 5.74) is -0.0758. The van der Waals surface area contributed by atoms with Crippen LogP contribution in [0.1, 0.15) is 0 Å². The van der Waals surface area contributed by atoms with Crippen molar-refractivity contribution in [2.75, 3.05) is 4.90 Å². The first-order valence-corrected chi connectivity index (χ1v) is 12.7. The molecule has 0 fully saturated rings. The summed E-state index contributed by atoms with van der Waals surface area (Å²) >= 11 is 4.07. The molecule has 0 amide bonds. The van der Waals surface area contributed by atoms with Crippen LogP contribution in [0.2, 0.25) is 0 Å². The molecule has 178 valence electrons. The maximum absolute atomic E-state index is 13.0. The molecule has 32 heavy (non-hydrogen) atoms. The molecule has 0 spiro atoms. The Morgan fingerprint density at radius 1 is 0.438 bits per heavy atom. The molecule has 3 rings (SSSR count). The van der Waals surface area contributed by atoms with E-state index in [9.17, 15) is 38.9 Å². The summed E-state index contributed by atoms with van der Waals surface area (Å²) in [5, 5.41) is 0. The number of thiol groups is 1. The molecule has 0 bridgehead atoms. The van der Waals surface area contributed by atoms with Gasteiger partial charge in [0.15, 0.2) is 0 Å². The van der Waals surface area contributed by atoms with Gasteiger partial charge in [-0.1, -0.05) is 38.9 Å². The lowest BCUT2D eigenvalue weighted by Gasteiger charge is -2.41. The molecule has 0 aliphatic carbocycles. The highest BCUT2D eigenvalue weighted by atomic mass is 32.5. The van der Waals surface area contributed by atoms with Crippen LogP contribution in [0.5, 0.6) is 0 Å². The second kappa shape index (κ2) is 6.03. The van der Waals surface area contributed by atoms with E-state index in [2.05, 4.69) is 12.6 Å². The van der Waals surface area contributed by atoms with Gasteiger partial charge in [-0.3, -0.25) is 0 Å². The van der Waals surface area contributed by atoms with E-state index >= 15 is 0 Å². The molecule has 0 N–H and O–H groups in total. The van der Waals surface area contributed by atoms with E-state index in [1.807, 2.05) is 0 Å². The zero-order chi connectivity index (χ0) is 24.3. The second-order valence-corrected chi connectivity index (χ2v) is 12.1. The van der Waals surface area contributed by atoms with Gasteiger partial charge in [0.05, 0.1) is 0 Å². The Balaban J connectivity index is 2.14. The van der Waals surface area contributed by atoms with E-state index in [1.54, 1.807) is 0 Å². The van der Waals surface area contributed by atoms with Crippen molar-refractivity contribution in [3.8, 4) is 0 Å². The zero-order valence-corrected chi connectivity index (χ0v) is 17.9. The maximum Gasteiger partial charge on any atom is 0.310 e. The SMILES string of the molecule is FS(F)(F)(F)(F)c1ccc(N(c2ccc(S)cc2)c2ccc(S(F)(F)(F)(F)F)cc2)cc1. The van der Waals surface area contributed by atoms with Crippen molar-refractivity contribution in [1.82, 2.24) is 0 Å². The number of benzene rings is 3. The molecule has 3 aromatic rings. The van der Waals surface area contributed by atoms with Crippen LogP contribution in [0, 0.1) is 0 Å². The van der Waals surface area contributed by atoms with Crippen LogP contribution in [-0.4, -0.2) is 0 Å². The van der Waals surface area contributed by atoms with Crippen molar-refractivity contribution in [2.45, 2.75) is 14.7 Å². The fraction of sp³-hybridized carbons (Fsp3) is 0. The van der Waals surface area contributed by atoms with Gasteiger partial charge in [-0.15, -0.1) is 12.6 Å². The highest BCUT2D eigenvalue weighted by Gasteiger charge is 2.66. The molecule has 0 aliphatic heterocycles. The third kappa shape index (κ3) is 5.59. The molecule has 0 saturated carbocycles. The van der Waals surface area contributed by atoms with Crippen LogP contribution in [0.4, 0.5) is 55.9 Å². The Bertz CT molecular complexity index is 1080. The van der Waals surface area contributed by atoms with Gasteiger partial charge in [0, 0.05) is 22.0 Å². The van der Waals surface area contributed by atoms with Crippen LogP contribution >= 0.6 is 33.1 Å². The molecule has 0 radical (unpaired) electrons. The van der Waals surface area contributed by atoms with Crippen LogP contribution in [0.3, 0.4) is 0 Å². The molecule has 0 saturated heterocycles. The number of nitrogens with zero attached hydrogens (tertiary/aromatic N) is 1. The van der Waals surface area contributed by atoms with Gasteiger partial charge in [0.2, 0.25) is 0 Å². The van der Waals surface area contributed by atoms with Crippen molar-refractivity contribution < 1.29 is 38.9 Å². The van der Waals surface area contributed by atoms with E-state index in [0.29, 0.717) is 29.2 Å². The van der Waals surface area contributed by atoms with Gasteiger partial charge in [0.1, 0.15) is 9.79 Å². The topological polar surface area (TPSA) is 3.24 Å². The zero-order valence-electron chi connectivity index (χ0n) is 15.4. The summed E-state index contributed by atoms with van der Waals surface area (Å²) in [5.74, 6) is 0. The van der Waals surface area contributed by atoms with Gasteiger partial charge < -0.3 is 4.90 Å². The first-order valence-electron chi connectivity index (χ1n) is 8.31. The van der Waals surface area contributed by atoms with Crippen LogP contribution in [0.15, 0.2) is 87.5 Å². The Morgan fingerprint density at radius 2 is 0.688 bits per heavy atom. The van der Waals surface area contributed by atoms with Crippen LogP contribution in [-0.2, 0) is 0 Å². The smallest absolute Gasteiger partial charge is 0.310 e. The van der Waals surface area contributed by atoms with Gasteiger partial charge >= 0.3 is 20.4 Å².